The molecule has 0 aliphatic carbocycles. The van der Waals surface area contributed by atoms with Crippen LogP contribution in [0.15, 0.2) is 18.2 Å². The van der Waals surface area contributed by atoms with Gasteiger partial charge in [0.2, 0.25) is 0 Å². The Hall–Kier alpha value is -1.26. The SMILES string of the molecule is NCC(CO)Cc1ccc2c(c1)OCCCO2. The fourth-order valence-electron chi connectivity index (χ4n) is 1.89. The molecular formula is C13H19NO3. The van der Waals surface area contributed by atoms with Gasteiger partial charge in [-0.15, -0.1) is 0 Å². The number of benzene rings is 1. The average Bonchev–Trinajstić information content (AvgIpc) is 2.60. The van der Waals surface area contributed by atoms with Crippen LogP contribution in [0.3, 0.4) is 0 Å². The van der Waals surface area contributed by atoms with E-state index in [4.69, 9.17) is 20.3 Å². The summed E-state index contributed by atoms with van der Waals surface area (Å²) in [5, 5.41) is 9.13. The zero-order valence-electron chi connectivity index (χ0n) is 9.89. The Morgan fingerprint density at radius 3 is 2.71 bits per heavy atom. The number of nitrogens with two attached hydrogens (primary N) is 1. The van der Waals surface area contributed by atoms with E-state index in [1.54, 1.807) is 0 Å². The summed E-state index contributed by atoms with van der Waals surface area (Å²) < 4.78 is 11.2. The van der Waals surface area contributed by atoms with Gasteiger partial charge in [-0.3, -0.25) is 0 Å². The molecule has 4 heteroatoms. The highest BCUT2D eigenvalue weighted by Gasteiger charge is 2.12. The molecule has 2 rings (SSSR count). The van der Waals surface area contributed by atoms with E-state index in [0.29, 0.717) is 19.8 Å². The number of ether oxygens (including phenoxy) is 2. The minimum Gasteiger partial charge on any atom is -0.490 e. The van der Waals surface area contributed by atoms with Crippen LogP contribution in [0.25, 0.3) is 0 Å². The van der Waals surface area contributed by atoms with Gasteiger partial charge in [0.15, 0.2) is 11.5 Å². The average molecular weight is 237 g/mol. The van der Waals surface area contributed by atoms with E-state index in [9.17, 15) is 0 Å². The minimum atomic E-state index is 0.111. The van der Waals surface area contributed by atoms with Gasteiger partial charge >= 0.3 is 0 Å². The highest BCUT2D eigenvalue weighted by Crippen LogP contribution is 2.31. The molecule has 3 N–H and O–H groups in total. The monoisotopic (exact) mass is 237 g/mol. The van der Waals surface area contributed by atoms with Crippen molar-refractivity contribution in [1.82, 2.24) is 0 Å². The van der Waals surface area contributed by atoms with Gasteiger partial charge < -0.3 is 20.3 Å². The summed E-state index contributed by atoms with van der Waals surface area (Å²) in [6.07, 6.45) is 1.68. The lowest BCUT2D eigenvalue weighted by atomic mass is 10.00. The molecule has 0 aromatic heterocycles. The van der Waals surface area contributed by atoms with Gasteiger partial charge in [-0.2, -0.15) is 0 Å². The number of fused-ring (bicyclic) bond motifs is 1. The summed E-state index contributed by atoms with van der Waals surface area (Å²) in [4.78, 5) is 0. The molecule has 1 aromatic rings. The van der Waals surface area contributed by atoms with E-state index < -0.39 is 0 Å². The van der Waals surface area contributed by atoms with Crippen LogP contribution in [-0.4, -0.2) is 31.5 Å². The van der Waals surface area contributed by atoms with Crippen LogP contribution in [0, 0.1) is 5.92 Å². The molecule has 17 heavy (non-hydrogen) atoms. The minimum absolute atomic E-state index is 0.111. The molecule has 0 amide bonds. The molecule has 1 aliphatic rings. The molecule has 0 bridgehead atoms. The van der Waals surface area contributed by atoms with E-state index in [2.05, 4.69) is 0 Å². The largest absolute Gasteiger partial charge is 0.490 e. The van der Waals surface area contributed by atoms with Crippen LogP contribution < -0.4 is 15.2 Å². The molecule has 94 valence electrons. The van der Waals surface area contributed by atoms with Gasteiger partial charge in [-0.25, -0.2) is 0 Å². The van der Waals surface area contributed by atoms with Gasteiger partial charge in [-0.05, 0) is 36.6 Å². The van der Waals surface area contributed by atoms with E-state index in [-0.39, 0.29) is 12.5 Å². The molecule has 1 atom stereocenters. The quantitative estimate of drug-likeness (QED) is 0.818. The number of aliphatic hydroxyl groups is 1. The Kier molecular flexibility index (Phi) is 4.23. The van der Waals surface area contributed by atoms with E-state index in [1.165, 1.54) is 0 Å². The normalized spacial score (nSPS) is 16.4. The summed E-state index contributed by atoms with van der Waals surface area (Å²) in [6, 6.07) is 5.92. The lowest BCUT2D eigenvalue weighted by molar-refractivity contribution is 0.229. The lowest BCUT2D eigenvalue weighted by Gasteiger charge is -2.13. The number of hydrogen-bond acceptors (Lipinski definition) is 4. The Morgan fingerprint density at radius 2 is 2.00 bits per heavy atom. The Labute approximate surface area is 101 Å². The van der Waals surface area contributed by atoms with Gasteiger partial charge in [-0.1, -0.05) is 6.07 Å². The van der Waals surface area contributed by atoms with Crippen LogP contribution in [-0.2, 0) is 6.42 Å². The Morgan fingerprint density at radius 1 is 1.24 bits per heavy atom. The van der Waals surface area contributed by atoms with Crippen molar-refractivity contribution in [3.05, 3.63) is 23.8 Å². The summed E-state index contributed by atoms with van der Waals surface area (Å²) in [5.41, 5.74) is 6.70. The van der Waals surface area contributed by atoms with Gasteiger partial charge in [0.05, 0.1) is 13.2 Å². The highest BCUT2D eigenvalue weighted by molar-refractivity contribution is 5.43. The van der Waals surface area contributed by atoms with Gasteiger partial charge in [0, 0.05) is 13.0 Å². The molecule has 4 nitrogen and oxygen atoms in total. The van der Waals surface area contributed by atoms with Crippen LogP contribution in [0.4, 0.5) is 0 Å². The summed E-state index contributed by atoms with van der Waals surface area (Å²) in [5.74, 6) is 1.72. The number of aliphatic hydroxyl groups excluding tert-OH is 1. The third kappa shape index (κ3) is 3.11. The van der Waals surface area contributed by atoms with Crippen molar-refractivity contribution in [2.45, 2.75) is 12.8 Å². The molecule has 0 fully saturated rings. The van der Waals surface area contributed by atoms with Gasteiger partial charge in [0.25, 0.3) is 0 Å². The lowest BCUT2D eigenvalue weighted by Crippen LogP contribution is -2.20. The van der Waals surface area contributed by atoms with Crippen molar-refractivity contribution >= 4 is 0 Å². The van der Waals surface area contributed by atoms with Crippen molar-refractivity contribution in [3.8, 4) is 11.5 Å². The van der Waals surface area contributed by atoms with Crippen molar-refractivity contribution in [3.63, 3.8) is 0 Å². The topological polar surface area (TPSA) is 64.7 Å². The molecule has 1 heterocycles. The van der Waals surface area contributed by atoms with E-state index >= 15 is 0 Å². The fourth-order valence-corrected chi connectivity index (χ4v) is 1.89. The highest BCUT2D eigenvalue weighted by atomic mass is 16.5. The maximum atomic E-state index is 9.13. The Bertz CT molecular complexity index is 364. The third-order valence-corrected chi connectivity index (χ3v) is 2.93. The maximum Gasteiger partial charge on any atom is 0.161 e. The molecule has 0 radical (unpaired) electrons. The Balaban J connectivity index is 2.12. The smallest absolute Gasteiger partial charge is 0.161 e. The number of hydrogen-bond donors (Lipinski definition) is 2. The van der Waals surface area contributed by atoms with Gasteiger partial charge in [0.1, 0.15) is 0 Å². The zero-order valence-corrected chi connectivity index (χ0v) is 9.89. The molecule has 1 aromatic carbocycles. The first kappa shape index (κ1) is 12.2. The summed E-state index contributed by atoms with van der Waals surface area (Å²) in [6.45, 7) is 2.00. The fraction of sp³-hybridized carbons (Fsp3) is 0.538. The number of rotatable bonds is 4. The van der Waals surface area contributed by atoms with E-state index in [1.807, 2.05) is 18.2 Å². The molecule has 0 spiro atoms. The second-order valence-corrected chi connectivity index (χ2v) is 4.32. The second-order valence-electron chi connectivity index (χ2n) is 4.32. The molecule has 0 saturated heterocycles. The van der Waals surface area contributed by atoms with Crippen molar-refractivity contribution in [2.75, 3.05) is 26.4 Å². The zero-order chi connectivity index (χ0) is 12.1. The van der Waals surface area contributed by atoms with E-state index in [0.717, 1.165) is 29.9 Å². The first-order chi connectivity index (χ1) is 8.33. The molecule has 1 unspecified atom stereocenters. The van der Waals surface area contributed by atoms with Crippen LogP contribution in [0.2, 0.25) is 0 Å². The standard InChI is InChI=1S/C13H19NO3/c14-8-11(9-15)6-10-2-3-12-13(7-10)17-5-1-4-16-12/h2-3,7,11,15H,1,4-6,8-9,14H2. The van der Waals surface area contributed by atoms with Crippen molar-refractivity contribution < 1.29 is 14.6 Å². The third-order valence-electron chi connectivity index (χ3n) is 2.93. The summed E-state index contributed by atoms with van der Waals surface area (Å²) >= 11 is 0. The second kappa shape index (κ2) is 5.89. The summed E-state index contributed by atoms with van der Waals surface area (Å²) in [7, 11) is 0. The van der Waals surface area contributed by atoms with Crippen molar-refractivity contribution in [1.29, 1.82) is 0 Å². The van der Waals surface area contributed by atoms with Crippen LogP contribution >= 0.6 is 0 Å². The first-order valence-corrected chi connectivity index (χ1v) is 6.03. The first-order valence-electron chi connectivity index (χ1n) is 6.03. The van der Waals surface area contributed by atoms with Crippen molar-refractivity contribution in [2.24, 2.45) is 11.7 Å². The predicted molar refractivity (Wildman–Crippen MR) is 65.4 cm³/mol. The maximum absolute atomic E-state index is 9.13. The molecular weight excluding hydrogens is 218 g/mol. The predicted octanol–water partition coefficient (Wildman–Crippen LogP) is 0.958. The van der Waals surface area contributed by atoms with Crippen LogP contribution in [0.5, 0.6) is 11.5 Å². The van der Waals surface area contributed by atoms with Crippen LogP contribution in [0.1, 0.15) is 12.0 Å². The molecule has 1 aliphatic heterocycles. The molecule has 0 saturated carbocycles.